The first-order chi connectivity index (χ1) is 16.2. The summed E-state index contributed by atoms with van der Waals surface area (Å²) in [6, 6.07) is 23.3. The molecule has 0 bridgehead atoms. The van der Waals surface area contributed by atoms with Crippen LogP contribution in [0.1, 0.15) is 60.7 Å². The second-order valence-corrected chi connectivity index (χ2v) is 11.9. The number of Topliss-reactive ketones (excluding diaryl/α,β-unsaturated/α-hetero) is 1. The number of ketones is 1. The SMILES string of the molecule is CC(C)(C)c1cccc2c(=O)c(CC3(C)Sc4ccccc4C3C(=O)c3ccccc3)coc12. The van der Waals surface area contributed by atoms with Gasteiger partial charge in [-0.3, -0.25) is 9.59 Å². The second kappa shape index (κ2) is 8.28. The Labute approximate surface area is 204 Å². The molecule has 0 saturated carbocycles. The lowest BCUT2D eigenvalue weighted by Gasteiger charge is -2.30. The lowest BCUT2D eigenvalue weighted by atomic mass is 9.78. The Morgan fingerprint density at radius 3 is 2.41 bits per heavy atom. The second-order valence-electron chi connectivity index (χ2n) is 10.3. The van der Waals surface area contributed by atoms with E-state index in [0.717, 1.165) is 16.0 Å². The van der Waals surface area contributed by atoms with E-state index in [2.05, 4.69) is 33.8 Å². The van der Waals surface area contributed by atoms with E-state index in [-0.39, 0.29) is 22.5 Å². The maximum absolute atomic E-state index is 13.8. The molecule has 0 saturated heterocycles. The number of hydrogen-bond acceptors (Lipinski definition) is 4. The number of para-hydroxylation sites is 1. The number of carbonyl (C=O) groups excluding carboxylic acids is 1. The third-order valence-corrected chi connectivity index (χ3v) is 8.16. The molecule has 0 amide bonds. The van der Waals surface area contributed by atoms with Crippen molar-refractivity contribution in [3.8, 4) is 0 Å². The van der Waals surface area contributed by atoms with Crippen LogP contribution in [0.5, 0.6) is 0 Å². The molecule has 2 unspecified atom stereocenters. The topological polar surface area (TPSA) is 47.3 Å². The summed E-state index contributed by atoms with van der Waals surface area (Å²) in [5.41, 5.74) is 3.83. The number of thioether (sulfide) groups is 1. The molecule has 0 N–H and O–H groups in total. The molecule has 4 heteroatoms. The Hall–Kier alpha value is -3.11. The maximum atomic E-state index is 13.8. The van der Waals surface area contributed by atoms with Gasteiger partial charge >= 0.3 is 0 Å². The van der Waals surface area contributed by atoms with Crippen molar-refractivity contribution in [3.05, 3.63) is 112 Å². The van der Waals surface area contributed by atoms with Gasteiger partial charge < -0.3 is 4.42 Å². The van der Waals surface area contributed by atoms with Gasteiger partial charge in [-0.1, -0.05) is 81.4 Å². The standard InChI is InChI=1S/C30H28O3S/c1-29(2,3)23-15-10-14-22-26(31)20(18-33-28(22)23)17-30(4)25(21-13-8-9-16-24(21)34-30)27(32)19-11-6-5-7-12-19/h5-16,18,25H,17H2,1-4H3. The summed E-state index contributed by atoms with van der Waals surface area (Å²) in [7, 11) is 0. The Bertz CT molecular complexity index is 1450. The molecule has 4 aromatic rings. The molecule has 5 rings (SSSR count). The molecule has 34 heavy (non-hydrogen) atoms. The van der Waals surface area contributed by atoms with Gasteiger partial charge in [0, 0.05) is 26.3 Å². The molecular formula is C30H28O3S. The average Bonchev–Trinajstić information content (AvgIpc) is 3.11. The molecule has 172 valence electrons. The van der Waals surface area contributed by atoms with Crippen molar-refractivity contribution < 1.29 is 9.21 Å². The molecular weight excluding hydrogens is 440 g/mol. The summed E-state index contributed by atoms with van der Waals surface area (Å²) >= 11 is 1.68. The number of hydrogen-bond donors (Lipinski definition) is 0. The molecule has 1 aliphatic rings. The van der Waals surface area contributed by atoms with E-state index < -0.39 is 4.75 Å². The molecule has 3 aromatic carbocycles. The highest BCUT2D eigenvalue weighted by Gasteiger charge is 2.48. The summed E-state index contributed by atoms with van der Waals surface area (Å²) in [4.78, 5) is 28.5. The molecule has 1 aliphatic heterocycles. The van der Waals surface area contributed by atoms with Crippen LogP contribution in [0.2, 0.25) is 0 Å². The minimum Gasteiger partial charge on any atom is -0.463 e. The van der Waals surface area contributed by atoms with Crippen LogP contribution >= 0.6 is 11.8 Å². The molecule has 0 aliphatic carbocycles. The zero-order chi connectivity index (χ0) is 24.1. The van der Waals surface area contributed by atoms with Crippen molar-refractivity contribution in [1.82, 2.24) is 0 Å². The predicted molar refractivity (Wildman–Crippen MR) is 139 cm³/mol. The van der Waals surface area contributed by atoms with Crippen LogP contribution in [0.4, 0.5) is 0 Å². The number of carbonyl (C=O) groups is 1. The van der Waals surface area contributed by atoms with Gasteiger partial charge in [-0.05, 0) is 36.5 Å². The fraction of sp³-hybridized carbons (Fsp3) is 0.267. The van der Waals surface area contributed by atoms with Crippen molar-refractivity contribution >= 4 is 28.5 Å². The van der Waals surface area contributed by atoms with Gasteiger partial charge in [-0.15, -0.1) is 11.8 Å². The van der Waals surface area contributed by atoms with Crippen LogP contribution in [0.15, 0.2) is 93.2 Å². The molecule has 3 nitrogen and oxygen atoms in total. The fourth-order valence-corrected chi connectivity index (χ4v) is 6.60. The van der Waals surface area contributed by atoms with Gasteiger partial charge in [0.05, 0.1) is 17.6 Å². The average molecular weight is 469 g/mol. The van der Waals surface area contributed by atoms with Gasteiger partial charge in [0.1, 0.15) is 5.58 Å². The van der Waals surface area contributed by atoms with E-state index in [1.165, 1.54) is 0 Å². The van der Waals surface area contributed by atoms with Crippen LogP contribution in [0.3, 0.4) is 0 Å². The smallest absolute Gasteiger partial charge is 0.195 e. The van der Waals surface area contributed by atoms with Gasteiger partial charge in [-0.25, -0.2) is 0 Å². The van der Waals surface area contributed by atoms with Crippen LogP contribution in [0, 0.1) is 0 Å². The van der Waals surface area contributed by atoms with Gasteiger partial charge in [0.25, 0.3) is 0 Å². The highest BCUT2D eigenvalue weighted by molar-refractivity contribution is 8.01. The number of fused-ring (bicyclic) bond motifs is 2. The van der Waals surface area contributed by atoms with E-state index in [1.807, 2.05) is 66.7 Å². The Kier molecular flexibility index (Phi) is 5.52. The third-order valence-electron chi connectivity index (χ3n) is 6.72. The Morgan fingerprint density at radius 2 is 1.68 bits per heavy atom. The fourth-order valence-electron chi connectivity index (χ4n) is 5.07. The molecule has 0 fully saturated rings. The highest BCUT2D eigenvalue weighted by Crippen LogP contribution is 2.55. The monoisotopic (exact) mass is 468 g/mol. The summed E-state index contributed by atoms with van der Waals surface area (Å²) in [5, 5.41) is 0.597. The van der Waals surface area contributed by atoms with E-state index in [4.69, 9.17) is 4.42 Å². The first-order valence-corrected chi connectivity index (χ1v) is 12.4. The van der Waals surface area contributed by atoms with Crippen LogP contribution in [-0.2, 0) is 11.8 Å². The van der Waals surface area contributed by atoms with Crippen molar-refractivity contribution in [2.45, 2.75) is 55.1 Å². The van der Waals surface area contributed by atoms with Crippen LogP contribution in [-0.4, -0.2) is 10.5 Å². The Balaban J connectivity index is 1.60. The summed E-state index contributed by atoms with van der Waals surface area (Å²) in [6.07, 6.45) is 2.05. The summed E-state index contributed by atoms with van der Waals surface area (Å²) < 4.78 is 5.59. The van der Waals surface area contributed by atoms with E-state index in [1.54, 1.807) is 18.0 Å². The van der Waals surface area contributed by atoms with Gasteiger partial charge in [0.15, 0.2) is 11.2 Å². The zero-order valence-electron chi connectivity index (χ0n) is 19.9. The number of rotatable bonds is 4. The molecule has 0 radical (unpaired) electrons. The molecule has 2 heterocycles. The minimum atomic E-state index is -0.513. The maximum Gasteiger partial charge on any atom is 0.195 e. The van der Waals surface area contributed by atoms with Crippen molar-refractivity contribution in [2.75, 3.05) is 0 Å². The number of benzene rings is 3. The van der Waals surface area contributed by atoms with Crippen molar-refractivity contribution in [1.29, 1.82) is 0 Å². The van der Waals surface area contributed by atoms with Crippen molar-refractivity contribution in [3.63, 3.8) is 0 Å². The largest absolute Gasteiger partial charge is 0.463 e. The first-order valence-electron chi connectivity index (χ1n) is 11.6. The predicted octanol–water partition coefficient (Wildman–Crippen LogP) is 7.16. The summed E-state index contributed by atoms with van der Waals surface area (Å²) in [5.74, 6) is -0.271. The van der Waals surface area contributed by atoms with Gasteiger partial charge in [-0.2, -0.15) is 0 Å². The lowest BCUT2D eigenvalue weighted by Crippen LogP contribution is -2.35. The molecule has 1 aromatic heterocycles. The van der Waals surface area contributed by atoms with E-state index in [9.17, 15) is 9.59 Å². The normalized spacial score (nSPS) is 19.8. The zero-order valence-corrected chi connectivity index (χ0v) is 20.7. The minimum absolute atomic E-state index is 0.0176. The van der Waals surface area contributed by atoms with Crippen molar-refractivity contribution in [2.24, 2.45) is 0 Å². The quantitative estimate of drug-likeness (QED) is 0.298. The molecule has 0 spiro atoms. The third kappa shape index (κ3) is 3.80. The van der Waals surface area contributed by atoms with Crippen LogP contribution in [0.25, 0.3) is 11.0 Å². The Morgan fingerprint density at radius 1 is 0.971 bits per heavy atom. The molecule has 2 atom stereocenters. The summed E-state index contributed by atoms with van der Waals surface area (Å²) in [6.45, 7) is 8.44. The van der Waals surface area contributed by atoms with E-state index >= 15 is 0 Å². The van der Waals surface area contributed by atoms with Crippen LogP contribution < -0.4 is 5.43 Å². The first kappa shape index (κ1) is 22.7. The lowest BCUT2D eigenvalue weighted by molar-refractivity contribution is 0.0944. The van der Waals surface area contributed by atoms with Gasteiger partial charge in [0.2, 0.25) is 0 Å². The van der Waals surface area contributed by atoms with E-state index in [0.29, 0.717) is 28.5 Å². The highest BCUT2D eigenvalue weighted by atomic mass is 32.2.